The van der Waals surface area contributed by atoms with Crippen LogP contribution in [0.25, 0.3) is 0 Å². The molecule has 0 N–H and O–H groups in total. The highest BCUT2D eigenvalue weighted by Crippen LogP contribution is 2.28. The van der Waals surface area contributed by atoms with Gasteiger partial charge in [-0.25, -0.2) is 0 Å². The first-order valence-corrected chi connectivity index (χ1v) is 6.55. The van der Waals surface area contributed by atoms with Gasteiger partial charge < -0.3 is 0 Å². The number of hydrogen-bond donors (Lipinski definition) is 0. The molecule has 15 heavy (non-hydrogen) atoms. The zero-order chi connectivity index (χ0) is 11.6. The van der Waals surface area contributed by atoms with Crippen LogP contribution in [0.5, 0.6) is 0 Å². The molecule has 0 saturated carbocycles. The summed E-state index contributed by atoms with van der Waals surface area (Å²) in [5.41, 5.74) is 1.25. The molecule has 1 unspecified atom stereocenters. The van der Waals surface area contributed by atoms with Crippen LogP contribution in [0.4, 0.5) is 0 Å². The summed E-state index contributed by atoms with van der Waals surface area (Å²) in [4.78, 5) is 0.986. The van der Waals surface area contributed by atoms with E-state index < -0.39 is 10.8 Å². The van der Waals surface area contributed by atoms with Gasteiger partial charge in [-0.05, 0) is 17.0 Å². The molecular formula is C13H20OS. The fraction of sp³-hybridized carbons (Fsp3) is 0.538. The molecule has 0 saturated heterocycles. The zero-order valence-corrected chi connectivity index (χ0v) is 11.0. The first kappa shape index (κ1) is 12.4. The van der Waals surface area contributed by atoms with Crippen molar-refractivity contribution in [2.24, 2.45) is 0 Å². The molecule has 1 atom stereocenters. The Kier molecular flexibility index (Phi) is 3.72. The van der Waals surface area contributed by atoms with E-state index in [1.807, 2.05) is 32.0 Å². The Morgan fingerprint density at radius 3 is 2.13 bits per heavy atom. The molecule has 0 aliphatic carbocycles. The van der Waals surface area contributed by atoms with Gasteiger partial charge in [0.2, 0.25) is 0 Å². The predicted molar refractivity (Wildman–Crippen MR) is 66.7 cm³/mol. The van der Waals surface area contributed by atoms with E-state index in [-0.39, 0.29) is 10.7 Å². The van der Waals surface area contributed by atoms with Crippen molar-refractivity contribution in [2.75, 3.05) is 0 Å². The molecule has 0 heterocycles. The minimum absolute atomic E-state index is 0.0567. The molecule has 0 fully saturated rings. The minimum atomic E-state index is -0.893. The van der Waals surface area contributed by atoms with Crippen molar-refractivity contribution in [1.82, 2.24) is 0 Å². The Labute approximate surface area is 95.4 Å². The lowest BCUT2D eigenvalue weighted by molar-refractivity contribution is 0.574. The van der Waals surface area contributed by atoms with Crippen LogP contribution in [0.15, 0.2) is 29.2 Å². The fourth-order valence-electron chi connectivity index (χ4n) is 1.52. The van der Waals surface area contributed by atoms with Crippen LogP contribution in [0.3, 0.4) is 0 Å². The SMILES string of the molecule is CC(C)S(=O)c1ccccc1C(C)(C)C. The summed E-state index contributed by atoms with van der Waals surface area (Å²) in [5.74, 6) is 0. The van der Waals surface area contributed by atoms with E-state index in [2.05, 4.69) is 26.8 Å². The molecule has 1 aromatic rings. The molecule has 0 amide bonds. The number of benzene rings is 1. The van der Waals surface area contributed by atoms with Crippen molar-refractivity contribution < 1.29 is 4.21 Å². The molecule has 84 valence electrons. The van der Waals surface area contributed by atoms with Crippen LogP contribution < -0.4 is 0 Å². The maximum atomic E-state index is 12.1. The molecule has 0 radical (unpaired) electrons. The molecular weight excluding hydrogens is 204 g/mol. The minimum Gasteiger partial charge on any atom is -0.254 e. The van der Waals surface area contributed by atoms with Crippen LogP contribution in [0, 0.1) is 0 Å². The van der Waals surface area contributed by atoms with Crippen LogP contribution in [0.2, 0.25) is 0 Å². The lowest BCUT2D eigenvalue weighted by atomic mass is 9.87. The zero-order valence-electron chi connectivity index (χ0n) is 10.2. The van der Waals surface area contributed by atoms with E-state index in [9.17, 15) is 4.21 Å². The molecule has 2 heteroatoms. The Morgan fingerprint density at radius 2 is 1.67 bits per heavy atom. The van der Waals surface area contributed by atoms with Crippen molar-refractivity contribution in [3.8, 4) is 0 Å². The average Bonchev–Trinajstić information content (AvgIpc) is 2.15. The molecule has 0 spiro atoms. The third kappa shape index (κ3) is 2.91. The fourth-order valence-corrected chi connectivity index (χ4v) is 2.83. The molecule has 1 rings (SSSR count). The van der Waals surface area contributed by atoms with Gasteiger partial charge in [0.25, 0.3) is 0 Å². The van der Waals surface area contributed by atoms with Gasteiger partial charge >= 0.3 is 0 Å². The number of hydrogen-bond acceptors (Lipinski definition) is 1. The Morgan fingerprint density at radius 1 is 1.13 bits per heavy atom. The van der Waals surface area contributed by atoms with Gasteiger partial charge in [-0.2, -0.15) is 0 Å². The lowest BCUT2D eigenvalue weighted by Gasteiger charge is -2.23. The smallest absolute Gasteiger partial charge is 0.0558 e. The topological polar surface area (TPSA) is 17.1 Å². The van der Waals surface area contributed by atoms with Gasteiger partial charge in [-0.15, -0.1) is 0 Å². The highest BCUT2D eigenvalue weighted by molar-refractivity contribution is 7.85. The van der Waals surface area contributed by atoms with E-state index in [1.165, 1.54) is 5.56 Å². The summed E-state index contributed by atoms with van der Waals surface area (Å²) >= 11 is 0. The second-order valence-corrected chi connectivity index (χ2v) is 7.07. The maximum Gasteiger partial charge on any atom is 0.0558 e. The predicted octanol–water partition coefficient (Wildman–Crippen LogP) is 3.50. The maximum absolute atomic E-state index is 12.1. The van der Waals surface area contributed by atoms with Gasteiger partial charge in [-0.3, -0.25) is 4.21 Å². The molecule has 0 aliphatic rings. The molecule has 1 aromatic carbocycles. The van der Waals surface area contributed by atoms with E-state index in [1.54, 1.807) is 0 Å². The summed E-state index contributed by atoms with van der Waals surface area (Å²) in [6.45, 7) is 10.5. The van der Waals surface area contributed by atoms with Crippen molar-refractivity contribution in [3.63, 3.8) is 0 Å². The first-order chi connectivity index (χ1) is 6.84. The van der Waals surface area contributed by atoms with Crippen molar-refractivity contribution in [2.45, 2.75) is 50.2 Å². The summed E-state index contributed by atoms with van der Waals surface area (Å²) in [6, 6.07) is 8.04. The van der Waals surface area contributed by atoms with Crippen molar-refractivity contribution in [3.05, 3.63) is 29.8 Å². The average molecular weight is 224 g/mol. The van der Waals surface area contributed by atoms with E-state index in [0.29, 0.717) is 0 Å². The quantitative estimate of drug-likeness (QED) is 0.751. The molecule has 0 aromatic heterocycles. The Hall–Kier alpha value is -0.630. The highest BCUT2D eigenvalue weighted by Gasteiger charge is 2.21. The summed E-state index contributed by atoms with van der Waals surface area (Å²) < 4.78 is 12.1. The van der Waals surface area contributed by atoms with Gasteiger partial charge in [0, 0.05) is 10.1 Å². The van der Waals surface area contributed by atoms with Gasteiger partial charge in [0.05, 0.1) is 10.8 Å². The largest absolute Gasteiger partial charge is 0.254 e. The summed E-state index contributed by atoms with van der Waals surface area (Å²) in [7, 11) is -0.893. The monoisotopic (exact) mass is 224 g/mol. The Balaban J connectivity index is 3.25. The van der Waals surface area contributed by atoms with Gasteiger partial charge in [0.15, 0.2) is 0 Å². The number of rotatable bonds is 2. The van der Waals surface area contributed by atoms with Gasteiger partial charge in [0.1, 0.15) is 0 Å². The van der Waals surface area contributed by atoms with Crippen LogP contribution in [-0.4, -0.2) is 9.46 Å². The van der Waals surface area contributed by atoms with Crippen molar-refractivity contribution >= 4 is 10.8 Å². The van der Waals surface area contributed by atoms with Crippen molar-refractivity contribution in [1.29, 1.82) is 0 Å². The lowest BCUT2D eigenvalue weighted by Crippen LogP contribution is -2.17. The van der Waals surface area contributed by atoms with E-state index in [0.717, 1.165) is 4.90 Å². The second kappa shape index (κ2) is 4.48. The van der Waals surface area contributed by atoms with E-state index in [4.69, 9.17) is 0 Å². The molecule has 0 bridgehead atoms. The van der Waals surface area contributed by atoms with Gasteiger partial charge in [-0.1, -0.05) is 52.8 Å². The summed E-state index contributed by atoms with van der Waals surface area (Å²) in [6.07, 6.45) is 0. The second-order valence-electron chi connectivity index (χ2n) is 5.09. The third-order valence-electron chi connectivity index (χ3n) is 2.34. The third-order valence-corrected chi connectivity index (χ3v) is 3.99. The standard InChI is InChI=1S/C13H20OS/c1-10(2)15(14)12-9-7-6-8-11(12)13(3,4)5/h6-10H,1-5H3. The van der Waals surface area contributed by atoms with Crippen LogP contribution >= 0.6 is 0 Å². The molecule has 0 aliphatic heterocycles. The Bertz CT molecular complexity index is 361. The first-order valence-electron chi connectivity index (χ1n) is 5.34. The van der Waals surface area contributed by atoms with Crippen LogP contribution in [0.1, 0.15) is 40.2 Å². The van der Waals surface area contributed by atoms with Crippen LogP contribution in [-0.2, 0) is 16.2 Å². The normalized spacial score (nSPS) is 14.3. The summed E-state index contributed by atoms with van der Waals surface area (Å²) in [5, 5.41) is 0.175. The highest BCUT2D eigenvalue weighted by atomic mass is 32.2. The van der Waals surface area contributed by atoms with E-state index >= 15 is 0 Å². The molecule has 1 nitrogen and oxygen atoms in total.